The van der Waals surface area contributed by atoms with Gasteiger partial charge in [0, 0.05) is 6.54 Å². The van der Waals surface area contributed by atoms with Crippen LogP contribution in [0.4, 0.5) is 4.79 Å². The summed E-state index contributed by atoms with van der Waals surface area (Å²) in [6.07, 6.45) is 5.07. The molecule has 2 unspecified atom stereocenters. The summed E-state index contributed by atoms with van der Waals surface area (Å²) in [6, 6.07) is 2.37. The quantitative estimate of drug-likeness (QED) is 0.767. The van der Waals surface area contributed by atoms with Gasteiger partial charge >= 0.3 is 6.09 Å². The van der Waals surface area contributed by atoms with Gasteiger partial charge in [-0.1, -0.05) is 19.3 Å². The molecule has 0 aromatic heterocycles. The lowest BCUT2D eigenvalue weighted by Crippen LogP contribution is -2.36. The summed E-state index contributed by atoms with van der Waals surface area (Å²) in [5, 5.41) is 11.9. The van der Waals surface area contributed by atoms with Gasteiger partial charge in [0.15, 0.2) is 0 Å². The maximum Gasteiger partial charge on any atom is 0.407 e. The number of carbonyl (C=O) groups is 1. The van der Waals surface area contributed by atoms with Gasteiger partial charge in [0.05, 0.1) is 12.0 Å². The zero-order chi connectivity index (χ0) is 13.6. The Morgan fingerprint density at radius 3 is 2.61 bits per heavy atom. The van der Waals surface area contributed by atoms with Gasteiger partial charge in [0.25, 0.3) is 0 Å². The highest BCUT2D eigenvalue weighted by Crippen LogP contribution is 2.27. The second kappa shape index (κ2) is 6.63. The third kappa shape index (κ3) is 5.39. The Morgan fingerprint density at radius 1 is 1.33 bits per heavy atom. The Bertz CT molecular complexity index is 315. The molecule has 4 nitrogen and oxygen atoms in total. The number of amides is 1. The van der Waals surface area contributed by atoms with Gasteiger partial charge in [-0.05, 0) is 39.5 Å². The molecule has 2 atom stereocenters. The number of carbonyl (C=O) groups excluding carboxylic acids is 1. The van der Waals surface area contributed by atoms with Crippen molar-refractivity contribution < 1.29 is 9.53 Å². The fourth-order valence-corrected chi connectivity index (χ4v) is 2.33. The van der Waals surface area contributed by atoms with Gasteiger partial charge in [0.1, 0.15) is 5.60 Å². The molecular weight excluding hydrogens is 228 g/mol. The second-order valence-electron chi connectivity index (χ2n) is 6.02. The van der Waals surface area contributed by atoms with Crippen molar-refractivity contribution in [3.8, 4) is 6.07 Å². The minimum absolute atomic E-state index is 0.0717. The SMILES string of the molecule is CC(C)(C)OC(=O)NCC1CCCCCC1C#N. The molecule has 0 aliphatic heterocycles. The zero-order valence-electron chi connectivity index (χ0n) is 11.7. The van der Waals surface area contributed by atoms with E-state index in [1.807, 2.05) is 20.8 Å². The summed E-state index contributed by atoms with van der Waals surface area (Å²) in [5.74, 6) is 0.340. The Kier molecular flexibility index (Phi) is 5.46. The molecule has 0 bridgehead atoms. The van der Waals surface area contributed by atoms with Crippen molar-refractivity contribution in [2.75, 3.05) is 6.54 Å². The lowest BCUT2D eigenvalue weighted by Gasteiger charge is -2.23. The summed E-state index contributed by atoms with van der Waals surface area (Å²) in [7, 11) is 0. The van der Waals surface area contributed by atoms with E-state index in [1.54, 1.807) is 0 Å². The smallest absolute Gasteiger partial charge is 0.407 e. The molecule has 18 heavy (non-hydrogen) atoms. The van der Waals surface area contributed by atoms with Crippen LogP contribution >= 0.6 is 0 Å². The van der Waals surface area contributed by atoms with Gasteiger partial charge in [-0.25, -0.2) is 4.79 Å². The third-order valence-electron chi connectivity index (χ3n) is 3.23. The highest BCUT2D eigenvalue weighted by molar-refractivity contribution is 5.67. The van der Waals surface area contributed by atoms with Crippen molar-refractivity contribution in [1.82, 2.24) is 5.32 Å². The summed E-state index contributed by atoms with van der Waals surface area (Å²) >= 11 is 0. The Labute approximate surface area is 110 Å². The van der Waals surface area contributed by atoms with Crippen LogP contribution in [-0.2, 0) is 4.74 Å². The van der Waals surface area contributed by atoms with Gasteiger partial charge in [-0.15, -0.1) is 0 Å². The Balaban J connectivity index is 2.41. The highest BCUT2D eigenvalue weighted by Gasteiger charge is 2.24. The molecular formula is C14H24N2O2. The number of rotatable bonds is 2. The normalized spacial score (nSPS) is 24.8. The minimum Gasteiger partial charge on any atom is -0.444 e. The largest absolute Gasteiger partial charge is 0.444 e. The molecule has 1 saturated carbocycles. The molecule has 0 aromatic carbocycles. The molecule has 0 aromatic rings. The van der Waals surface area contributed by atoms with E-state index in [-0.39, 0.29) is 17.9 Å². The van der Waals surface area contributed by atoms with Crippen molar-refractivity contribution in [1.29, 1.82) is 5.26 Å². The van der Waals surface area contributed by atoms with E-state index >= 15 is 0 Å². The first-order valence-electron chi connectivity index (χ1n) is 6.79. The number of alkyl carbamates (subject to hydrolysis) is 1. The third-order valence-corrected chi connectivity index (χ3v) is 3.23. The van der Waals surface area contributed by atoms with Crippen molar-refractivity contribution in [3.63, 3.8) is 0 Å². The number of hydrogen-bond acceptors (Lipinski definition) is 3. The maximum atomic E-state index is 11.6. The van der Waals surface area contributed by atoms with Crippen molar-refractivity contribution in [3.05, 3.63) is 0 Å². The zero-order valence-corrected chi connectivity index (χ0v) is 11.7. The lowest BCUT2D eigenvalue weighted by molar-refractivity contribution is 0.0514. The first-order valence-corrected chi connectivity index (χ1v) is 6.79. The van der Waals surface area contributed by atoms with Crippen molar-refractivity contribution >= 4 is 6.09 Å². The van der Waals surface area contributed by atoms with E-state index in [0.29, 0.717) is 6.54 Å². The minimum atomic E-state index is -0.470. The molecule has 4 heteroatoms. The number of nitrogens with zero attached hydrogens (tertiary/aromatic N) is 1. The van der Waals surface area contributed by atoms with E-state index in [1.165, 1.54) is 6.42 Å². The molecule has 1 rings (SSSR count). The monoisotopic (exact) mass is 252 g/mol. The molecule has 0 saturated heterocycles. The molecule has 102 valence electrons. The van der Waals surface area contributed by atoms with Gasteiger partial charge in [-0.2, -0.15) is 5.26 Å². The molecule has 1 fully saturated rings. The molecule has 0 radical (unpaired) electrons. The van der Waals surface area contributed by atoms with Crippen LogP contribution in [0.25, 0.3) is 0 Å². The average Bonchev–Trinajstić information content (AvgIpc) is 2.48. The topological polar surface area (TPSA) is 62.1 Å². The average molecular weight is 252 g/mol. The van der Waals surface area contributed by atoms with Crippen LogP contribution in [0.15, 0.2) is 0 Å². The highest BCUT2D eigenvalue weighted by atomic mass is 16.6. The molecule has 1 amide bonds. The summed E-state index contributed by atoms with van der Waals surface area (Å²) < 4.78 is 5.20. The number of nitrogens with one attached hydrogen (secondary N) is 1. The van der Waals surface area contributed by atoms with E-state index in [2.05, 4.69) is 11.4 Å². The Morgan fingerprint density at radius 2 is 2.00 bits per heavy atom. The number of nitriles is 1. The van der Waals surface area contributed by atoms with E-state index < -0.39 is 5.60 Å². The van der Waals surface area contributed by atoms with E-state index in [9.17, 15) is 4.79 Å². The second-order valence-corrected chi connectivity index (χ2v) is 6.02. The number of hydrogen-bond donors (Lipinski definition) is 1. The van der Waals surface area contributed by atoms with Crippen LogP contribution in [0.2, 0.25) is 0 Å². The van der Waals surface area contributed by atoms with Gasteiger partial charge in [0.2, 0.25) is 0 Å². The predicted octanol–water partition coefficient (Wildman–Crippen LogP) is 3.23. The predicted molar refractivity (Wildman–Crippen MR) is 69.9 cm³/mol. The van der Waals surface area contributed by atoms with Gasteiger partial charge < -0.3 is 10.1 Å². The first kappa shape index (κ1) is 14.8. The summed E-state index contributed by atoms with van der Waals surface area (Å²) in [6.45, 7) is 6.08. The standard InChI is InChI=1S/C14H24N2O2/c1-14(2,3)18-13(17)16-10-12-8-6-4-5-7-11(12)9-15/h11-12H,4-8,10H2,1-3H3,(H,16,17). The molecule has 1 N–H and O–H groups in total. The van der Waals surface area contributed by atoms with E-state index in [0.717, 1.165) is 25.7 Å². The van der Waals surface area contributed by atoms with Crippen LogP contribution in [0.3, 0.4) is 0 Å². The fourth-order valence-electron chi connectivity index (χ4n) is 2.33. The van der Waals surface area contributed by atoms with Crippen LogP contribution in [-0.4, -0.2) is 18.2 Å². The van der Waals surface area contributed by atoms with Crippen molar-refractivity contribution in [2.24, 2.45) is 11.8 Å². The van der Waals surface area contributed by atoms with Crippen LogP contribution in [0, 0.1) is 23.2 Å². The maximum absolute atomic E-state index is 11.6. The lowest BCUT2D eigenvalue weighted by atomic mass is 9.89. The fraction of sp³-hybridized carbons (Fsp3) is 0.857. The van der Waals surface area contributed by atoms with Crippen LogP contribution in [0.5, 0.6) is 0 Å². The summed E-state index contributed by atoms with van der Waals surface area (Å²) in [4.78, 5) is 11.6. The van der Waals surface area contributed by atoms with Crippen LogP contribution < -0.4 is 5.32 Å². The van der Waals surface area contributed by atoms with Crippen LogP contribution in [0.1, 0.15) is 52.9 Å². The first-order chi connectivity index (χ1) is 8.42. The van der Waals surface area contributed by atoms with Gasteiger partial charge in [-0.3, -0.25) is 0 Å². The Hall–Kier alpha value is -1.24. The molecule has 0 heterocycles. The summed E-state index contributed by atoms with van der Waals surface area (Å²) in [5.41, 5.74) is -0.470. The van der Waals surface area contributed by atoms with Crippen molar-refractivity contribution in [2.45, 2.75) is 58.5 Å². The van der Waals surface area contributed by atoms with E-state index in [4.69, 9.17) is 10.00 Å². The molecule has 1 aliphatic rings. The molecule has 1 aliphatic carbocycles. The number of ether oxygens (including phenoxy) is 1. The molecule has 0 spiro atoms.